The summed E-state index contributed by atoms with van der Waals surface area (Å²) in [7, 11) is 1.61. The molecule has 0 aliphatic carbocycles. The molecule has 0 aromatic heterocycles. The fourth-order valence-corrected chi connectivity index (χ4v) is 2.14. The number of anilines is 1. The maximum absolute atomic E-state index is 12.4. The first-order valence-corrected chi connectivity index (χ1v) is 6.85. The van der Waals surface area contributed by atoms with Crippen LogP contribution in [0.2, 0.25) is 5.02 Å². The number of carbonyl (C=O) groups excluding carboxylic acids is 1. The summed E-state index contributed by atoms with van der Waals surface area (Å²) >= 11 is 10.7. The van der Waals surface area contributed by atoms with Gasteiger partial charge in [0, 0.05) is 23.3 Å². The Morgan fingerprint density at radius 1 is 1.29 bits per heavy atom. The molecule has 2 aromatic rings. The van der Waals surface area contributed by atoms with E-state index in [4.69, 9.17) is 29.6 Å². The summed E-state index contributed by atoms with van der Waals surface area (Å²) in [5, 5.41) is 10.2. The molecule has 6 heteroatoms. The number of phenols is 1. The van der Waals surface area contributed by atoms with Crippen molar-refractivity contribution in [1.82, 2.24) is 0 Å². The maximum atomic E-state index is 12.4. The molecule has 0 atom stereocenters. The summed E-state index contributed by atoms with van der Waals surface area (Å²) in [6.07, 6.45) is 0. The van der Waals surface area contributed by atoms with E-state index in [2.05, 4.69) is 0 Å². The first-order valence-electron chi connectivity index (χ1n) is 6.06. The quantitative estimate of drug-likeness (QED) is 0.853. The molecule has 0 fully saturated rings. The number of phenolic OH excluding ortho intramolecular Hbond substituents is 1. The van der Waals surface area contributed by atoms with E-state index in [0.717, 1.165) is 0 Å². The largest absolute Gasteiger partial charge is 0.507 e. The summed E-state index contributed by atoms with van der Waals surface area (Å²) in [6.45, 7) is 0. The summed E-state index contributed by atoms with van der Waals surface area (Å²) < 4.78 is 0. The van der Waals surface area contributed by atoms with Gasteiger partial charge in [0.2, 0.25) is 0 Å². The smallest absolute Gasteiger partial charge is 0.261 e. The molecule has 0 saturated heterocycles. The monoisotopic (exact) mass is 320 g/mol. The molecule has 1 amide bonds. The van der Waals surface area contributed by atoms with Gasteiger partial charge in [-0.2, -0.15) is 0 Å². The van der Waals surface area contributed by atoms with Gasteiger partial charge in [-0.05, 0) is 30.3 Å². The zero-order valence-electron chi connectivity index (χ0n) is 11.2. The fourth-order valence-electron chi connectivity index (χ4n) is 1.85. The number of hydrogen-bond donors (Lipinski definition) is 2. The summed E-state index contributed by atoms with van der Waals surface area (Å²) in [5.74, 6) is -0.519. The molecule has 0 bridgehead atoms. The molecule has 3 N–H and O–H groups in total. The number of aromatic hydroxyl groups is 1. The summed E-state index contributed by atoms with van der Waals surface area (Å²) in [5.41, 5.74) is 7.05. The standard InChI is InChI=1S/C15H13ClN2O2S/c1-18(11-4-2-3-9(7-11)14(17)21)15(20)12-6-5-10(16)8-13(12)19/h2-8,19H,1H3,(H2,17,21). The fraction of sp³-hybridized carbons (Fsp3) is 0.0667. The maximum Gasteiger partial charge on any atom is 0.261 e. The van der Waals surface area contributed by atoms with Crippen molar-refractivity contribution in [1.29, 1.82) is 0 Å². The number of rotatable bonds is 3. The van der Waals surface area contributed by atoms with E-state index in [9.17, 15) is 9.90 Å². The Balaban J connectivity index is 2.35. The van der Waals surface area contributed by atoms with Crippen molar-refractivity contribution in [3.05, 3.63) is 58.6 Å². The van der Waals surface area contributed by atoms with Gasteiger partial charge in [0.05, 0.1) is 5.56 Å². The highest BCUT2D eigenvalue weighted by Gasteiger charge is 2.17. The highest BCUT2D eigenvalue weighted by molar-refractivity contribution is 7.80. The molecule has 0 heterocycles. The van der Waals surface area contributed by atoms with Crippen molar-refractivity contribution in [3.63, 3.8) is 0 Å². The Bertz CT molecular complexity index is 719. The lowest BCUT2D eigenvalue weighted by Crippen LogP contribution is -2.26. The third kappa shape index (κ3) is 3.32. The molecule has 0 aliphatic heterocycles. The second kappa shape index (κ2) is 6.11. The van der Waals surface area contributed by atoms with Gasteiger partial charge in [-0.25, -0.2) is 0 Å². The van der Waals surface area contributed by atoms with E-state index >= 15 is 0 Å². The van der Waals surface area contributed by atoms with Crippen molar-refractivity contribution >= 4 is 40.4 Å². The van der Waals surface area contributed by atoms with Crippen LogP contribution in [0, 0.1) is 0 Å². The van der Waals surface area contributed by atoms with Crippen LogP contribution in [0.1, 0.15) is 15.9 Å². The number of nitrogens with two attached hydrogens (primary N) is 1. The number of benzene rings is 2. The van der Waals surface area contributed by atoms with Crippen LogP contribution in [0.25, 0.3) is 0 Å². The van der Waals surface area contributed by atoms with Gasteiger partial charge in [0.15, 0.2) is 0 Å². The normalized spacial score (nSPS) is 10.2. The zero-order chi connectivity index (χ0) is 15.6. The van der Waals surface area contributed by atoms with E-state index in [-0.39, 0.29) is 22.2 Å². The van der Waals surface area contributed by atoms with Crippen LogP contribution >= 0.6 is 23.8 Å². The second-order valence-electron chi connectivity index (χ2n) is 4.44. The van der Waals surface area contributed by atoms with Crippen LogP contribution in [0.3, 0.4) is 0 Å². The molecule has 0 unspecified atom stereocenters. The minimum Gasteiger partial charge on any atom is -0.507 e. The van der Waals surface area contributed by atoms with Gasteiger partial charge in [-0.15, -0.1) is 0 Å². The van der Waals surface area contributed by atoms with Gasteiger partial charge in [0.25, 0.3) is 5.91 Å². The highest BCUT2D eigenvalue weighted by Crippen LogP contribution is 2.25. The van der Waals surface area contributed by atoms with Gasteiger partial charge in [-0.1, -0.05) is 36.0 Å². The number of hydrogen-bond acceptors (Lipinski definition) is 3. The Morgan fingerprint density at radius 2 is 2.00 bits per heavy atom. The van der Waals surface area contributed by atoms with Gasteiger partial charge in [0.1, 0.15) is 10.7 Å². The first-order chi connectivity index (χ1) is 9.90. The average Bonchev–Trinajstić information content (AvgIpc) is 2.46. The first kappa shape index (κ1) is 15.3. The number of amides is 1. The van der Waals surface area contributed by atoms with Crippen molar-refractivity contribution in [2.24, 2.45) is 5.73 Å². The lowest BCUT2D eigenvalue weighted by atomic mass is 10.1. The van der Waals surface area contributed by atoms with Crippen LogP contribution in [0.5, 0.6) is 5.75 Å². The van der Waals surface area contributed by atoms with Crippen LogP contribution < -0.4 is 10.6 Å². The molecule has 4 nitrogen and oxygen atoms in total. The summed E-state index contributed by atoms with van der Waals surface area (Å²) in [4.78, 5) is 14.1. The Kier molecular flexibility index (Phi) is 4.45. The van der Waals surface area contributed by atoms with Crippen LogP contribution in [-0.2, 0) is 0 Å². The SMILES string of the molecule is CN(C(=O)c1ccc(Cl)cc1O)c1cccc(C(N)=S)c1. The molecule has 0 aliphatic rings. The molecule has 0 saturated carbocycles. The molecule has 2 rings (SSSR count). The predicted octanol–water partition coefficient (Wildman–Crippen LogP) is 2.96. The molecule has 0 radical (unpaired) electrons. The summed E-state index contributed by atoms with van der Waals surface area (Å²) in [6, 6.07) is 11.4. The van der Waals surface area contributed by atoms with Crippen LogP contribution in [-0.4, -0.2) is 23.0 Å². The molecule has 0 spiro atoms. The molecular weight excluding hydrogens is 308 g/mol. The number of halogens is 1. The van der Waals surface area contributed by atoms with E-state index in [1.807, 2.05) is 0 Å². The van der Waals surface area contributed by atoms with E-state index < -0.39 is 0 Å². The van der Waals surface area contributed by atoms with Crippen molar-refractivity contribution in [2.45, 2.75) is 0 Å². The van der Waals surface area contributed by atoms with Crippen molar-refractivity contribution < 1.29 is 9.90 Å². The lowest BCUT2D eigenvalue weighted by Gasteiger charge is -2.18. The van der Waals surface area contributed by atoms with E-state index in [1.54, 1.807) is 37.4 Å². The lowest BCUT2D eigenvalue weighted by molar-refractivity contribution is 0.0990. The molecule has 2 aromatic carbocycles. The van der Waals surface area contributed by atoms with Crippen molar-refractivity contribution in [3.8, 4) is 5.75 Å². The zero-order valence-corrected chi connectivity index (χ0v) is 12.8. The van der Waals surface area contributed by atoms with Gasteiger partial charge in [-0.3, -0.25) is 4.79 Å². The Labute approximate surface area is 132 Å². The second-order valence-corrected chi connectivity index (χ2v) is 5.32. The average molecular weight is 321 g/mol. The van der Waals surface area contributed by atoms with Gasteiger partial charge >= 0.3 is 0 Å². The molecule has 21 heavy (non-hydrogen) atoms. The molecule has 108 valence electrons. The molecular formula is C15H13ClN2O2S. The van der Waals surface area contributed by atoms with Crippen molar-refractivity contribution in [2.75, 3.05) is 11.9 Å². The Hall–Kier alpha value is -2.11. The van der Waals surface area contributed by atoms with E-state index in [1.165, 1.54) is 17.0 Å². The minimum atomic E-state index is -0.357. The van der Waals surface area contributed by atoms with Crippen LogP contribution in [0.4, 0.5) is 5.69 Å². The van der Waals surface area contributed by atoms with E-state index in [0.29, 0.717) is 16.3 Å². The third-order valence-electron chi connectivity index (χ3n) is 3.01. The number of thiocarbonyl (C=S) groups is 1. The van der Waals surface area contributed by atoms with Crippen LogP contribution in [0.15, 0.2) is 42.5 Å². The topological polar surface area (TPSA) is 66.6 Å². The number of nitrogens with zero attached hydrogens (tertiary/aromatic N) is 1. The Morgan fingerprint density at radius 3 is 2.62 bits per heavy atom. The highest BCUT2D eigenvalue weighted by atomic mass is 35.5. The third-order valence-corrected chi connectivity index (χ3v) is 3.48. The predicted molar refractivity (Wildman–Crippen MR) is 88.2 cm³/mol. The van der Waals surface area contributed by atoms with Gasteiger partial charge < -0.3 is 15.7 Å². The number of carbonyl (C=O) groups is 1. The minimum absolute atomic E-state index is 0.162.